The van der Waals surface area contributed by atoms with Crippen LogP contribution in [0.5, 0.6) is 0 Å². The van der Waals surface area contributed by atoms with Gasteiger partial charge < -0.3 is 15.0 Å². The molecule has 2 heterocycles. The number of carboxylic acid groups (broad SMARTS) is 1. The van der Waals surface area contributed by atoms with Crippen LogP contribution < -0.4 is 5.32 Å². The van der Waals surface area contributed by atoms with Crippen molar-refractivity contribution >= 4 is 17.6 Å². The number of para-hydroxylation sites is 1. The third-order valence-electron chi connectivity index (χ3n) is 4.58. The highest BCUT2D eigenvalue weighted by Gasteiger charge is 2.20. The summed E-state index contributed by atoms with van der Waals surface area (Å²) in [6.07, 6.45) is 3.23. The van der Waals surface area contributed by atoms with Crippen LogP contribution in [-0.2, 0) is 13.1 Å². The highest BCUT2D eigenvalue weighted by molar-refractivity contribution is 6.30. The molecule has 0 atom stereocenters. The number of hydrogen-bond acceptors (Lipinski definition) is 3. The number of rotatable bonds is 7. The van der Waals surface area contributed by atoms with Crippen molar-refractivity contribution in [3.63, 3.8) is 0 Å². The van der Waals surface area contributed by atoms with E-state index in [2.05, 4.69) is 10.4 Å². The largest absolute Gasteiger partial charge is 0.477 e. The fourth-order valence-electron chi connectivity index (χ4n) is 3.19. The molecule has 0 saturated carbocycles. The summed E-state index contributed by atoms with van der Waals surface area (Å²) < 4.78 is 3.50. The molecule has 0 aliphatic rings. The minimum atomic E-state index is -1.02. The molecular formula is C22H19ClN4O2. The zero-order chi connectivity index (χ0) is 20.2. The summed E-state index contributed by atoms with van der Waals surface area (Å²) in [5, 5.41) is 18.1. The lowest BCUT2D eigenvalue weighted by Gasteiger charge is -2.14. The second kappa shape index (κ2) is 8.34. The van der Waals surface area contributed by atoms with Crippen molar-refractivity contribution < 1.29 is 9.90 Å². The minimum absolute atomic E-state index is 0.143. The third kappa shape index (κ3) is 4.08. The van der Waals surface area contributed by atoms with Crippen LogP contribution >= 0.6 is 11.6 Å². The topological polar surface area (TPSA) is 72.1 Å². The fraction of sp³-hybridized carbons (Fsp3) is 0.0909. The van der Waals surface area contributed by atoms with Gasteiger partial charge in [0.1, 0.15) is 5.56 Å². The molecule has 0 fully saturated rings. The first-order chi connectivity index (χ1) is 14.1. The number of carboxylic acids is 1. The zero-order valence-corrected chi connectivity index (χ0v) is 16.3. The Labute approximate surface area is 173 Å². The van der Waals surface area contributed by atoms with Crippen molar-refractivity contribution in [1.82, 2.24) is 19.7 Å². The third-order valence-corrected chi connectivity index (χ3v) is 4.84. The fourth-order valence-corrected chi connectivity index (χ4v) is 3.31. The highest BCUT2D eigenvalue weighted by atomic mass is 35.5. The number of halogens is 1. The highest BCUT2D eigenvalue weighted by Crippen LogP contribution is 2.22. The SMILES string of the molecule is O=C(O)c1cnn(-c2ccccc2)c1-n1cccc1CNCc1ccc(Cl)cc1. The van der Waals surface area contributed by atoms with Crippen molar-refractivity contribution in [1.29, 1.82) is 0 Å². The molecule has 0 amide bonds. The van der Waals surface area contributed by atoms with Gasteiger partial charge in [-0.3, -0.25) is 0 Å². The Bertz CT molecular complexity index is 1120. The lowest BCUT2D eigenvalue weighted by Crippen LogP contribution is -2.17. The Morgan fingerprint density at radius 2 is 1.76 bits per heavy atom. The van der Waals surface area contributed by atoms with Crippen LogP contribution in [0.3, 0.4) is 0 Å². The van der Waals surface area contributed by atoms with E-state index in [1.165, 1.54) is 6.20 Å². The maximum Gasteiger partial charge on any atom is 0.341 e. The second-order valence-corrected chi connectivity index (χ2v) is 6.97. The van der Waals surface area contributed by atoms with Crippen molar-refractivity contribution in [3.8, 4) is 11.5 Å². The molecule has 0 aliphatic heterocycles. The number of hydrogen-bond donors (Lipinski definition) is 2. The van der Waals surface area contributed by atoms with E-state index in [0.717, 1.165) is 16.9 Å². The number of carbonyl (C=O) groups is 1. The van der Waals surface area contributed by atoms with Gasteiger partial charge in [0.25, 0.3) is 0 Å². The second-order valence-electron chi connectivity index (χ2n) is 6.53. The number of aromatic carboxylic acids is 1. The standard InChI is InChI=1S/C22H19ClN4O2/c23-17-10-8-16(9-11-17)13-24-14-19-7-4-12-26(19)21-20(22(28)29)15-25-27(21)18-5-2-1-3-6-18/h1-12,15,24H,13-14H2,(H,28,29). The van der Waals surface area contributed by atoms with Gasteiger partial charge in [0.15, 0.2) is 5.82 Å². The molecule has 2 aromatic carbocycles. The van der Waals surface area contributed by atoms with Crippen LogP contribution in [0.15, 0.2) is 79.1 Å². The van der Waals surface area contributed by atoms with Gasteiger partial charge in [0.05, 0.1) is 11.9 Å². The molecule has 0 radical (unpaired) electrons. The van der Waals surface area contributed by atoms with Crippen LogP contribution in [0.4, 0.5) is 0 Å². The van der Waals surface area contributed by atoms with E-state index in [9.17, 15) is 9.90 Å². The van der Waals surface area contributed by atoms with Gasteiger partial charge in [-0.05, 0) is 42.0 Å². The van der Waals surface area contributed by atoms with E-state index >= 15 is 0 Å². The molecule has 29 heavy (non-hydrogen) atoms. The summed E-state index contributed by atoms with van der Waals surface area (Å²) in [7, 11) is 0. The maximum atomic E-state index is 11.8. The first-order valence-electron chi connectivity index (χ1n) is 9.12. The molecule has 0 spiro atoms. The first-order valence-corrected chi connectivity index (χ1v) is 9.50. The molecule has 2 aromatic heterocycles. The smallest absolute Gasteiger partial charge is 0.341 e. The Morgan fingerprint density at radius 1 is 1.00 bits per heavy atom. The van der Waals surface area contributed by atoms with E-state index in [1.807, 2.05) is 77.5 Å². The molecule has 146 valence electrons. The molecule has 4 rings (SSSR count). The molecule has 0 aliphatic carbocycles. The van der Waals surface area contributed by atoms with Crippen LogP contribution in [0.2, 0.25) is 5.02 Å². The number of aromatic nitrogens is 3. The normalized spacial score (nSPS) is 10.9. The van der Waals surface area contributed by atoms with Gasteiger partial charge in [-0.2, -0.15) is 5.10 Å². The van der Waals surface area contributed by atoms with Gasteiger partial charge in [0, 0.05) is 30.0 Å². The summed E-state index contributed by atoms with van der Waals surface area (Å²) in [6, 6.07) is 21.0. The Balaban J connectivity index is 1.62. The summed E-state index contributed by atoms with van der Waals surface area (Å²) in [6.45, 7) is 1.24. The summed E-state index contributed by atoms with van der Waals surface area (Å²) in [5.74, 6) is -0.520. The molecule has 6 nitrogen and oxygen atoms in total. The Kier molecular flexibility index (Phi) is 5.46. The molecule has 0 saturated heterocycles. The van der Waals surface area contributed by atoms with E-state index in [0.29, 0.717) is 23.9 Å². The van der Waals surface area contributed by atoms with Gasteiger partial charge >= 0.3 is 5.97 Å². The average Bonchev–Trinajstić information content (AvgIpc) is 3.36. The van der Waals surface area contributed by atoms with Crippen molar-refractivity contribution in [2.45, 2.75) is 13.1 Å². The van der Waals surface area contributed by atoms with Gasteiger partial charge in [-0.1, -0.05) is 41.9 Å². The zero-order valence-electron chi connectivity index (χ0n) is 15.5. The quantitative estimate of drug-likeness (QED) is 0.480. The Hall–Kier alpha value is -3.35. The summed E-state index contributed by atoms with van der Waals surface area (Å²) in [4.78, 5) is 11.8. The molecule has 0 unspecified atom stereocenters. The summed E-state index contributed by atoms with van der Waals surface area (Å²) >= 11 is 5.93. The lowest BCUT2D eigenvalue weighted by molar-refractivity contribution is 0.0697. The van der Waals surface area contributed by atoms with E-state index in [4.69, 9.17) is 11.6 Å². The van der Waals surface area contributed by atoms with Gasteiger partial charge in [0.2, 0.25) is 0 Å². The number of nitrogens with zero attached hydrogens (tertiary/aromatic N) is 3. The van der Waals surface area contributed by atoms with E-state index < -0.39 is 5.97 Å². The van der Waals surface area contributed by atoms with Crippen LogP contribution in [0, 0.1) is 0 Å². The number of nitrogens with one attached hydrogen (secondary N) is 1. The molecule has 0 bridgehead atoms. The van der Waals surface area contributed by atoms with Crippen molar-refractivity contribution in [2.75, 3.05) is 0 Å². The van der Waals surface area contributed by atoms with Gasteiger partial charge in [-0.25, -0.2) is 9.48 Å². The van der Waals surface area contributed by atoms with Crippen LogP contribution in [0.1, 0.15) is 21.6 Å². The predicted molar refractivity (Wildman–Crippen MR) is 112 cm³/mol. The molecular weight excluding hydrogens is 388 g/mol. The maximum absolute atomic E-state index is 11.8. The lowest BCUT2D eigenvalue weighted by atomic mass is 10.2. The van der Waals surface area contributed by atoms with Crippen molar-refractivity contribution in [2.24, 2.45) is 0 Å². The molecule has 4 aromatic rings. The number of benzene rings is 2. The van der Waals surface area contributed by atoms with E-state index in [1.54, 1.807) is 4.68 Å². The van der Waals surface area contributed by atoms with E-state index in [-0.39, 0.29) is 5.56 Å². The average molecular weight is 407 g/mol. The Morgan fingerprint density at radius 3 is 2.48 bits per heavy atom. The van der Waals surface area contributed by atoms with Crippen molar-refractivity contribution in [3.05, 3.63) is 101 Å². The van der Waals surface area contributed by atoms with Crippen LogP contribution in [-0.4, -0.2) is 25.4 Å². The molecule has 7 heteroatoms. The van der Waals surface area contributed by atoms with Crippen LogP contribution in [0.25, 0.3) is 11.5 Å². The summed E-state index contributed by atoms with van der Waals surface area (Å²) in [5.41, 5.74) is 2.99. The predicted octanol–water partition coefficient (Wildman–Crippen LogP) is 4.30. The van der Waals surface area contributed by atoms with Gasteiger partial charge in [-0.15, -0.1) is 0 Å². The monoisotopic (exact) mass is 406 g/mol. The first kappa shape index (κ1) is 19.0. The minimum Gasteiger partial charge on any atom is -0.477 e. The molecule has 2 N–H and O–H groups in total.